The zero-order valence-corrected chi connectivity index (χ0v) is 28.5. The van der Waals surface area contributed by atoms with Gasteiger partial charge >= 0.3 is 6.16 Å². The van der Waals surface area contributed by atoms with Crippen LogP contribution in [0.2, 0.25) is 0 Å². The van der Waals surface area contributed by atoms with Gasteiger partial charge < -0.3 is 24.7 Å². The number of fused-ring (bicyclic) bond motifs is 1. The fraction of sp³-hybridized carbons (Fsp3) is 0.474. The van der Waals surface area contributed by atoms with E-state index in [1.807, 2.05) is 58.0 Å². The second kappa shape index (κ2) is 15.5. The second-order valence-corrected chi connectivity index (χ2v) is 13.5. The lowest BCUT2D eigenvalue weighted by Crippen LogP contribution is -2.36. The van der Waals surface area contributed by atoms with Crippen LogP contribution in [0.3, 0.4) is 0 Å². The van der Waals surface area contributed by atoms with Crippen molar-refractivity contribution in [1.82, 2.24) is 19.9 Å². The second-order valence-electron chi connectivity index (χ2n) is 13.5. The molecule has 47 heavy (non-hydrogen) atoms. The van der Waals surface area contributed by atoms with E-state index in [1.165, 1.54) is 19.3 Å². The van der Waals surface area contributed by atoms with Crippen molar-refractivity contribution in [1.29, 1.82) is 0 Å². The van der Waals surface area contributed by atoms with E-state index in [2.05, 4.69) is 40.3 Å². The summed E-state index contributed by atoms with van der Waals surface area (Å²) in [7, 11) is 0. The monoisotopic (exact) mass is 639 g/mol. The Morgan fingerprint density at radius 3 is 2.47 bits per heavy atom. The Hall–Kier alpha value is -4.40. The predicted molar refractivity (Wildman–Crippen MR) is 187 cm³/mol. The van der Waals surface area contributed by atoms with E-state index in [0.29, 0.717) is 31.3 Å². The number of aryl methyl sites for hydroxylation is 2. The van der Waals surface area contributed by atoms with Gasteiger partial charge in [-0.05, 0) is 70.2 Å². The van der Waals surface area contributed by atoms with E-state index in [0.717, 1.165) is 77.2 Å². The quantitative estimate of drug-likeness (QED) is 0.118. The number of aromatic nitrogens is 3. The molecule has 2 N–H and O–H groups in total. The highest BCUT2D eigenvalue weighted by Crippen LogP contribution is 2.31. The van der Waals surface area contributed by atoms with Gasteiger partial charge in [0.25, 0.3) is 0 Å². The van der Waals surface area contributed by atoms with Crippen LogP contribution in [0.4, 0.5) is 10.5 Å². The summed E-state index contributed by atoms with van der Waals surface area (Å²) in [6, 6.07) is 18.2. The van der Waals surface area contributed by atoms with Gasteiger partial charge in [-0.25, -0.2) is 14.8 Å². The summed E-state index contributed by atoms with van der Waals surface area (Å²) in [6.45, 7) is 10.8. The Morgan fingerprint density at radius 2 is 1.74 bits per heavy atom. The van der Waals surface area contributed by atoms with Crippen molar-refractivity contribution >= 4 is 28.9 Å². The summed E-state index contributed by atoms with van der Waals surface area (Å²) in [5, 5.41) is 6.67. The molecule has 0 radical (unpaired) electrons. The number of amides is 1. The fourth-order valence-corrected chi connectivity index (χ4v) is 6.05. The van der Waals surface area contributed by atoms with Crippen molar-refractivity contribution in [3.05, 3.63) is 71.7 Å². The maximum Gasteiger partial charge on any atom is 0.514 e. The summed E-state index contributed by atoms with van der Waals surface area (Å²) in [6.07, 6.45) is 8.51. The van der Waals surface area contributed by atoms with E-state index in [-0.39, 0.29) is 5.91 Å². The number of nitrogens with one attached hydrogen (secondary N) is 2. The van der Waals surface area contributed by atoms with Gasteiger partial charge in [-0.3, -0.25) is 4.79 Å². The first-order chi connectivity index (χ1) is 22.6. The minimum atomic E-state index is -0.728. The number of carbonyl (C=O) groups excluding carboxylic acids is 2. The van der Waals surface area contributed by atoms with Gasteiger partial charge in [-0.2, -0.15) is 0 Å². The van der Waals surface area contributed by atoms with Gasteiger partial charge in [0.05, 0.1) is 16.9 Å². The molecule has 2 aromatic carbocycles. The zero-order chi connectivity index (χ0) is 33.4. The molecule has 0 aliphatic heterocycles. The summed E-state index contributed by atoms with van der Waals surface area (Å²) >= 11 is 0. The number of unbranched alkanes of at least 4 members (excludes halogenated alkanes) is 1. The molecule has 1 amide bonds. The fourth-order valence-electron chi connectivity index (χ4n) is 6.05. The highest BCUT2D eigenvalue weighted by Gasteiger charge is 2.20. The first-order valence-corrected chi connectivity index (χ1v) is 17.1. The summed E-state index contributed by atoms with van der Waals surface area (Å²) in [5.41, 5.74) is 5.71. The van der Waals surface area contributed by atoms with Crippen molar-refractivity contribution in [2.75, 3.05) is 11.9 Å². The molecule has 4 aromatic rings. The first kappa shape index (κ1) is 33.9. The number of para-hydroxylation sites is 1. The molecular formula is C38H49N5O4. The van der Waals surface area contributed by atoms with Gasteiger partial charge in [0, 0.05) is 37.5 Å². The van der Waals surface area contributed by atoms with Crippen molar-refractivity contribution in [3.8, 4) is 16.9 Å². The van der Waals surface area contributed by atoms with Crippen LogP contribution in [-0.4, -0.2) is 44.8 Å². The number of anilines is 1. The third-order valence-corrected chi connectivity index (χ3v) is 8.48. The minimum absolute atomic E-state index is 0.102. The smallest absolute Gasteiger partial charge is 0.428 e. The minimum Gasteiger partial charge on any atom is -0.428 e. The lowest BCUT2D eigenvalue weighted by atomic mass is 9.95. The van der Waals surface area contributed by atoms with Crippen LogP contribution in [0, 0.1) is 6.92 Å². The van der Waals surface area contributed by atoms with Crippen LogP contribution < -0.4 is 15.4 Å². The van der Waals surface area contributed by atoms with E-state index < -0.39 is 11.8 Å². The molecule has 2 aromatic heterocycles. The SMILES string of the molecule is CCCCc1nc2nc(C)c(NCCC(=O)NC3CCCCC3)cc2n1Cc1ccc(-c2ccccc2OC(=O)OC(C)(C)C)cc1. The third kappa shape index (κ3) is 9.33. The molecule has 5 rings (SSSR count). The molecule has 9 heteroatoms. The molecule has 1 aliphatic carbocycles. The molecule has 0 saturated heterocycles. The van der Waals surface area contributed by atoms with E-state index in [4.69, 9.17) is 19.4 Å². The van der Waals surface area contributed by atoms with E-state index >= 15 is 0 Å². The molecule has 0 atom stereocenters. The third-order valence-electron chi connectivity index (χ3n) is 8.48. The van der Waals surface area contributed by atoms with Crippen LogP contribution in [0.25, 0.3) is 22.3 Å². The Kier molecular flexibility index (Phi) is 11.2. The van der Waals surface area contributed by atoms with E-state index in [9.17, 15) is 9.59 Å². The average Bonchev–Trinajstić information content (AvgIpc) is 3.35. The first-order valence-electron chi connectivity index (χ1n) is 17.1. The highest BCUT2D eigenvalue weighted by atomic mass is 16.7. The number of carbonyl (C=O) groups is 2. The average molecular weight is 640 g/mol. The number of rotatable bonds is 12. The highest BCUT2D eigenvalue weighted by molar-refractivity contribution is 5.79. The molecular weight excluding hydrogens is 590 g/mol. The van der Waals surface area contributed by atoms with Gasteiger partial charge in [-0.15, -0.1) is 0 Å². The van der Waals surface area contributed by atoms with Gasteiger partial charge in [0.2, 0.25) is 5.91 Å². The van der Waals surface area contributed by atoms with Crippen LogP contribution >= 0.6 is 0 Å². The summed E-state index contributed by atoms with van der Waals surface area (Å²) in [5.74, 6) is 1.56. The maximum absolute atomic E-state index is 12.6. The Morgan fingerprint density at radius 1 is 1.00 bits per heavy atom. The number of hydrogen-bond acceptors (Lipinski definition) is 7. The van der Waals surface area contributed by atoms with Gasteiger partial charge in [0.15, 0.2) is 5.65 Å². The van der Waals surface area contributed by atoms with Crippen LogP contribution in [0.15, 0.2) is 54.6 Å². The predicted octanol–water partition coefficient (Wildman–Crippen LogP) is 8.36. The van der Waals surface area contributed by atoms with Crippen molar-refractivity contribution < 1.29 is 19.1 Å². The Bertz CT molecular complexity index is 1670. The molecule has 1 aliphatic rings. The molecule has 1 saturated carbocycles. The molecule has 0 bridgehead atoms. The Labute approximate surface area is 278 Å². The van der Waals surface area contributed by atoms with E-state index in [1.54, 1.807) is 6.07 Å². The Balaban J connectivity index is 1.32. The van der Waals surface area contributed by atoms with Crippen LogP contribution in [-0.2, 0) is 22.5 Å². The number of hydrogen-bond donors (Lipinski definition) is 2. The standard InChI is InChI=1S/C38H49N5O4/c1-6-7-17-34-42-36-32(24-31(26(2)40-36)39-23-22-35(44)41-29-13-9-8-10-14-29)43(34)25-27-18-20-28(21-19-27)30-15-11-12-16-33(30)46-37(45)47-38(3,4)5/h11-12,15-16,18-21,24,29,39H,6-10,13-14,17,22-23,25H2,1-5H3,(H,41,44). The molecule has 0 unspecified atom stereocenters. The van der Waals surface area contributed by atoms with Crippen molar-refractivity contribution in [3.63, 3.8) is 0 Å². The number of nitrogens with zero attached hydrogens (tertiary/aromatic N) is 3. The van der Waals surface area contributed by atoms with Gasteiger partial charge in [0.1, 0.15) is 17.2 Å². The number of imidazole rings is 1. The van der Waals surface area contributed by atoms with Crippen LogP contribution in [0.1, 0.15) is 96.1 Å². The normalized spacial score (nSPS) is 13.8. The molecule has 250 valence electrons. The number of ether oxygens (including phenoxy) is 2. The maximum atomic E-state index is 12.6. The van der Waals surface area contributed by atoms with Gasteiger partial charge in [-0.1, -0.05) is 75.1 Å². The number of pyridine rings is 1. The molecule has 2 heterocycles. The molecule has 9 nitrogen and oxygen atoms in total. The topological polar surface area (TPSA) is 107 Å². The lowest BCUT2D eigenvalue weighted by Gasteiger charge is -2.22. The number of benzene rings is 2. The molecule has 1 fully saturated rings. The van der Waals surface area contributed by atoms with Crippen LogP contribution in [0.5, 0.6) is 5.75 Å². The molecule has 0 spiro atoms. The zero-order valence-electron chi connectivity index (χ0n) is 28.5. The van der Waals surface area contributed by atoms with Crippen molar-refractivity contribution in [2.24, 2.45) is 0 Å². The lowest BCUT2D eigenvalue weighted by molar-refractivity contribution is -0.121. The van der Waals surface area contributed by atoms with Crippen molar-refractivity contribution in [2.45, 2.75) is 111 Å². The largest absolute Gasteiger partial charge is 0.514 e. The summed E-state index contributed by atoms with van der Waals surface area (Å²) < 4.78 is 13.2. The summed E-state index contributed by atoms with van der Waals surface area (Å²) in [4.78, 5) is 34.8.